The van der Waals surface area contributed by atoms with Gasteiger partial charge in [-0.05, 0) is 25.5 Å². The summed E-state index contributed by atoms with van der Waals surface area (Å²) >= 11 is 7.00. The summed E-state index contributed by atoms with van der Waals surface area (Å²) in [4.78, 5) is 22.1. The van der Waals surface area contributed by atoms with Gasteiger partial charge in [0.05, 0.1) is 18.3 Å². The van der Waals surface area contributed by atoms with Crippen molar-refractivity contribution in [3.8, 4) is 0 Å². The van der Waals surface area contributed by atoms with Crippen LogP contribution in [-0.4, -0.2) is 56.9 Å². The molecule has 1 aromatic heterocycles. The molecule has 0 saturated carbocycles. The third kappa shape index (κ3) is 9.05. The molecule has 1 N–H and O–H groups in total. The molecule has 0 aliphatic heterocycles. The fraction of sp³-hybridized carbons (Fsp3) is 0.556. The van der Waals surface area contributed by atoms with E-state index in [1.165, 1.54) is 17.3 Å². The zero-order chi connectivity index (χ0) is 21.2. The Morgan fingerprint density at radius 2 is 2.18 bits per heavy atom. The van der Waals surface area contributed by atoms with Crippen molar-refractivity contribution < 1.29 is 18.0 Å². The zero-order valence-corrected chi connectivity index (χ0v) is 17.3. The van der Waals surface area contributed by atoms with Crippen LogP contribution in [0, 0.1) is 5.41 Å². The molecule has 0 aromatic carbocycles. The second-order valence-corrected chi connectivity index (χ2v) is 7.75. The lowest BCUT2D eigenvalue weighted by molar-refractivity contribution is -0.134. The molecule has 0 aliphatic carbocycles. The molecule has 0 fully saturated rings. The third-order valence-electron chi connectivity index (χ3n) is 3.85. The minimum absolute atomic E-state index is 0.0638. The standard InChI is InChI=1S/C18H24ClF3N4OS/c1-3-14(10-18(20,21)22)28-9-7-16(27)26(4-2)15(17(19)23)12-25-13-6-5-8-24-11-13/h5-6,8,11-12,14-15,23H,3-4,7,9-10H2,1-2H3. The number of hydrogen-bond donors (Lipinski definition) is 1. The van der Waals surface area contributed by atoms with Crippen LogP contribution in [0.3, 0.4) is 0 Å². The van der Waals surface area contributed by atoms with Gasteiger partial charge >= 0.3 is 6.18 Å². The zero-order valence-electron chi connectivity index (χ0n) is 15.7. The molecule has 10 heteroatoms. The Labute approximate surface area is 172 Å². The van der Waals surface area contributed by atoms with E-state index < -0.39 is 23.9 Å². The number of alkyl halides is 3. The molecule has 0 saturated heterocycles. The Kier molecular flexibility index (Phi) is 10.5. The number of nitrogens with one attached hydrogen (secondary N) is 1. The second kappa shape index (κ2) is 12.1. The molecule has 0 aliphatic rings. The van der Waals surface area contributed by atoms with Crippen molar-refractivity contribution in [2.45, 2.75) is 50.6 Å². The molecule has 28 heavy (non-hydrogen) atoms. The molecule has 1 aromatic rings. The first-order valence-corrected chi connectivity index (χ1v) is 10.3. The van der Waals surface area contributed by atoms with Crippen molar-refractivity contribution in [2.24, 2.45) is 4.99 Å². The maximum absolute atomic E-state index is 12.5. The number of aromatic nitrogens is 1. The molecule has 2 atom stereocenters. The number of amides is 1. The third-order valence-corrected chi connectivity index (χ3v) is 5.49. The minimum Gasteiger partial charge on any atom is -0.328 e. The Morgan fingerprint density at radius 3 is 2.68 bits per heavy atom. The summed E-state index contributed by atoms with van der Waals surface area (Å²) in [7, 11) is 0. The van der Waals surface area contributed by atoms with Crippen molar-refractivity contribution in [3.63, 3.8) is 0 Å². The van der Waals surface area contributed by atoms with Gasteiger partial charge in [0.15, 0.2) is 0 Å². The Hall–Kier alpha value is -1.61. The predicted molar refractivity (Wildman–Crippen MR) is 109 cm³/mol. The lowest BCUT2D eigenvalue weighted by atomic mass is 10.2. The van der Waals surface area contributed by atoms with Crippen LogP contribution in [0.2, 0.25) is 0 Å². The van der Waals surface area contributed by atoms with Crippen molar-refractivity contribution in [3.05, 3.63) is 24.5 Å². The highest BCUT2D eigenvalue weighted by atomic mass is 35.5. The number of hydrogen-bond acceptors (Lipinski definition) is 5. The fourth-order valence-corrected chi connectivity index (χ4v) is 3.78. The number of nitrogens with zero attached hydrogens (tertiary/aromatic N) is 3. The van der Waals surface area contributed by atoms with Crippen LogP contribution >= 0.6 is 23.4 Å². The summed E-state index contributed by atoms with van der Waals surface area (Å²) in [6.45, 7) is 3.74. The van der Waals surface area contributed by atoms with E-state index in [0.717, 1.165) is 11.8 Å². The van der Waals surface area contributed by atoms with Crippen LogP contribution < -0.4 is 0 Å². The lowest BCUT2D eigenvalue weighted by Gasteiger charge is -2.27. The molecule has 5 nitrogen and oxygen atoms in total. The first-order chi connectivity index (χ1) is 13.2. The minimum atomic E-state index is -4.21. The van der Waals surface area contributed by atoms with Gasteiger partial charge < -0.3 is 4.90 Å². The monoisotopic (exact) mass is 436 g/mol. The SMILES string of the molecule is CCC(CC(F)(F)F)SCCC(=O)N(CC)C(C=Nc1cccnc1)C(=N)Cl. The predicted octanol–water partition coefficient (Wildman–Crippen LogP) is 5.07. The van der Waals surface area contributed by atoms with Crippen LogP contribution in [0.15, 0.2) is 29.5 Å². The number of carbonyl (C=O) groups is 1. The normalized spacial score (nSPS) is 14.1. The summed E-state index contributed by atoms with van der Waals surface area (Å²) in [5, 5.41) is 6.92. The number of thioether (sulfide) groups is 1. The summed E-state index contributed by atoms with van der Waals surface area (Å²) < 4.78 is 37.6. The van der Waals surface area contributed by atoms with Gasteiger partial charge in [0.1, 0.15) is 11.2 Å². The van der Waals surface area contributed by atoms with E-state index in [1.54, 1.807) is 32.2 Å². The largest absolute Gasteiger partial charge is 0.390 e. The summed E-state index contributed by atoms with van der Waals surface area (Å²) in [5.41, 5.74) is 0.558. The van der Waals surface area contributed by atoms with Gasteiger partial charge in [-0.2, -0.15) is 24.9 Å². The molecule has 1 heterocycles. The second-order valence-electron chi connectivity index (χ2n) is 5.93. The molecule has 156 valence electrons. The van der Waals surface area contributed by atoms with E-state index in [2.05, 4.69) is 9.98 Å². The van der Waals surface area contributed by atoms with Gasteiger partial charge in [-0.1, -0.05) is 18.5 Å². The molecular formula is C18H24ClF3N4OS. The van der Waals surface area contributed by atoms with Gasteiger partial charge in [-0.3, -0.25) is 20.2 Å². The van der Waals surface area contributed by atoms with E-state index in [-0.39, 0.29) is 23.3 Å². The van der Waals surface area contributed by atoms with Crippen molar-refractivity contribution in [1.82, 2.24) is 9.88 Å². The Morgan fingerprint density at radius 1 is 1.46 bits per heavy atom. The maximum atomic E-state index is 12.5. The molecule has 1 rings (SSSR count). The molecule has 0 spiro atoms. The molecule has 0 bridgehead atoms. The van der Waals surface area contributed by atoms with Gasteiger partial charge in [0.2, 0.25) is 5.91 Å². The van der Waals surface area contributed by atoms with Gasteiger partial charge in [0.25, 0.3) is 0 Å². The number of pyridine rings is 1. The molecular weight excluding hydrogens is 413 g/mol. The van der Waals surface area contributed by atoms with Crippen LogP contribution in [0.25, 0.3) is 0 Å². The highest BCUT2D eigenvalue weighted by molar-refractivity contribution is 7.99. The Balaban J connectivity index is 2.70. The van der Waals surface area contributed by atoms with E-state index >= 15 is 0 Å². The first-order valence-electron chi connectivity index (χ1n) is 8.83. The first kappa shape index (κ1) is 24.4. The number of rotatable bonds is 11. The highest BCUT2D eigenvalue weighted by Crippen LogP contribution is 2.30. The number of halogens is 4. The molecule has 2 unspecified atom stereocenters. The topological polar surface area (TPSA) is 69.4 Å². The van der Waals surface area contributed by atoms with Crippen molar-refractivity contribution in [2.75, 3.05) is 12.3 Å². The summed E-state index contributed by atoms with van der Waals surface area (Å²) in [6, 6.07) is 2.60. The van der Waals surface area contributed by atoms with Crippen molar-refractivity contribution >= 4 is 46.3 Å². The van der Waals surface area contributed by atoms with Crippen LogP contribution in [0.1, 0.15) is 33.1 Å². The highest BCUT2D eigenvalue weighted by Gasteiger charge is 2.31. The maximum Gasteiger partial charge on any atom is 0.390 e. The van der Waals surface area contributed by atoms with Crippen molar-refractivity contribution in [1.29, 1.82) is 5.41 Å². The average Bonchev–Trinajstić information content (AvgIpc) is 2.63. The molecule has 0 radical (unpaired) electrons. The van der Waals surface area contributed by atoms with E-state index in [0.29, 0.717) is 18.7 Å². The Bertz CT molecular complexity index is 658. The van der Waals surface area contributed by atoms with Gasteiger partial charge in [-0.15, -0.1) is 0 Å². The summed E-state index contributed by atoms with van der Waals surface area (Å²) in [6.07, 6.45) is -0.106. The fourth-order valence-electron chi connectivity index (χ4n) is 2.43. The number of carbonyl (C=O) groups excluding carboxylic acids is 1. The average molecular weight is 437 g/mol. The van der Waals surface area contributed by atoms with Crippen LogP contribution in [-0.2, 0) is 4.79 Å². The summed E-state index contributed by atoms with van der Waals surface area (Å²) in [5.74, 6) is -0.0173. The molecule has 1 amide bonds. The lowest BCUT2D eigenvalue weighted by Crippen LogP contribution is -2.44. The van der Waals surface area contributed by atoms with Crippen LogP contribution in [0.5, 0.6) is 0 Å². The van der Waals surface area contributed by atoms with E-state index in [4.69, 9.17) is 17.0 Å². The quantitative estimate of drug-likeness (QED) is 0.492. The van der Waals surface area contributed by atoms with Crippen LogP contribution in [0.4, 0.5) is 18.9 Å². The van der Waals surface area contributed by atoms with Gasteiger partial charge in [0, 0.05) is 36.4 Å². The smallest absolute Gasteiger partial charge is 0.328 e. The van der Waals surface area contributed by atoms with E-state index in [1.807, 2.05) is 0 Å². The van der Waals surface area contributed by atoms with E-state index in [9.17, 15) is 18.0 Å². The number of aliphatic imine (C=N–C) groups is 1. The van der Waals surface area contributed by atoms with Gasteiger partial charge in [-0.25, -0.2) is 0 Å².